The smallest absolute Gasteiger partial charge is 0.357 e. The first kappa shape index (κ1) is 10.1. The third kappa shape index (κ3) is 2.36. The van der Waals surface area contributed by atoms with Gasteiger partial charge in [0.1, 0.15) is 0 Å². The van der Waals surface area contributed by atoms with Crippen molar-refractivity contribution in [1.82, 2.24) is 5.32 Å². The van der Waals surface area contributed by atoms with Crippen LogP contribution in [0.5, 0.6) is 0 Å². The van der Waals surface area contributed by atoms with Crippen LogP contribution in [0.4, 0.5) is 0 Å². The molecule has 0 aromatic heterocycles. The molecule has 6 heteroatoms. The van der Waals surface area contributed by atoms with E-state index in [1.807, 2.05) is 0 Å². The highest BCUT2D eigenvalue weighted by Crippen LogP contribution is 2.47. The van der Waals surface area contributed by atoms with Crippen molar-refractivity contribution in [2.24, 2.45) is 0 Å². The first-order valence-electron chi connectivity index (χ1n) is 2.74. The lowest BCUT2D eigenvalue weighted by Gasteiger charge is -2.23. The van der Waals surface area contributed by atoms with Crippen molar-refractivity contribution in [2.75, 3.05) is 13.6 Å². The molecule has 0 aromatic carbocycles. The number of hydrogen-bond acceptors (Lipinski definition) is 3. The summed E-state index contributed by atoms with van der Waals surface area (Å²) in [6.07, 6.45) is 0. The largest absolute Gasteiger partial charge is 0.377 e. The van der Waals surface area contributed by atoms with Crippen molar-refractivity contribution in [3.63, 3.8) is 0 Å². The zero-order valence-corrected chi connectivity index (χ0v) is 6.80. The van der Waals surface area contributed by atoms with E-state index in [0.29, 0.717) is 0 Å². The Morgan fingerprint density at radius 3 is 2.10 bits per heavy atom. The Hall–Kier alpha value is 0.0700. The van der Waals surface area contributed by atoms with E-state index >= 15 is 0 Å². The molecule has 0 spiro atoms. The van der Waals surface area contributed by atoms with Gasteiger partial charge in [-0.15, -0.1) is 0 Å². The van der Waals surface area contributed by atoms with Gasteiger partial charge < -0.3 is 20.2 Å². The summed E-state index contributed by atoms with van der Waals surface area (Å²) in [6.45, 7) is 0.960. The van der Waals surface area contributed by atoms with Crippen LogP contribution in [-0.4, -0.2) is 33.8 Å². The van der Waals surface area contributed by atoms with Gasteiger partial charge in [-0.1, -0.05) is 0 Å². The summed E-state index contributed by atoms with van der Waals surface area (Å²) in [5, 5.41) is 9.54. The van der Waals surface area contributed by atoms with Crippen LogP contribution in [0.3, 0.4) is 0 Å². The number of likely N-dealkylation sites (N-methyl/N-ethyl adjacent to an activating group) is 1. The molecule has 4 N–H and O–H groups in total. The second kappa shape index (κ2) is 2.98. The molecule has 0 heterocycles. The summed E-state index contributed by atoms with van der Waals surface area (Å²) in [5.74, 6) is 0. The van der Waals surface area contributed by atoms with E-state index < -0.39 is 12.9 Å². The molecule has 0 fully saturated rings. The standard InChI is InChI=1S/C4H12NO4P/c1-4(6,3-5-2)10(7,8)9/h5-6H,3H2,1-2H3,(H2,7,8,9). The zero-order chi connectivity index (χ0) is 8.41. The topological polar surface area (TPSA) is 89.8 Å². The molecule has 0 aromatic rings. The second-order valence-corrected chi connectivity index (χ2v) is 4.34. The van der Waals surface area contributed by atoms with E-state index in [-0.39, 0.29) is 6.54 Å². The monoisotopic (exact) mass is 169 g/mol. The van der Waals surface area contributed by atoms with Crippen molar-refractivity contribution in [2.45, 2.75) is 12.3 Å². The molecule has 1 atom stereocenters. The van der Waals surface area contributed by atoms with Gasteiger partial charge in [-0.25, -0.2) is 0 Å². The van der Waals surface area contributed by atoms with Crippen LogP contribution in [0.15, 0.2) is 0 Å². The molecule has 0 rings (SSSR count). The lowest BCUT2D eigenvalue weighted by Crippen LogP contribution is -2.35. The predicted octanol–water partition coefficient (Wildman–Crippen LogP) is -0.908. The lowest BCUT2D eigenvalue weighted by atomic mass is 10.4. The van der Waals surface area contributed by atoms with E-state index in [0.717, 1.165) is 6.92 Å². The molecular formula is C4H12NO4P. The Morgan fingerprint density at radius 1 is 1.60 bits per heavy atom. The van der Waals surface area contributed by atoms with Gasteiger partial charge in [0.25, 0.3) is 0 Å². The third-order valence-corrected chi connectivity index (χ3v) is 2.55. The Bertz CT molecular complexity index is 151. The van der Waals surface area contributed by atoms with E-state index in [2.05, 4.69) is 5.32 Å². The van der Waals surface area contributed by atoms with Crippen molar-refractivity contribution in [3.8, 4) is 0 Å². The molecule has 5 nitrogen and oxygen atoms in total. The fraction of sp³-hybridized carbons (Fsp3) is 1.00. The van der Waals surface area contributed by atoms with Gasteiger partial charge in [-0.2, -0.15) is 0 Å². The first-order chi connectivity index (χ1) is 4.31. The average Bonchev–Trinajstić information content (AvgIpc) is 1.61. The molecule has 0 aliphatic heterocycles. The van der Waals surface area contributed by atoms with Gasteiger partial charge in [-0.3, -0.25) is 4.57 Å². The first-order valence-corrected chi connectivity index (χ1v) is 4.35. The molecule has 62 valence electrons. The Labute approximate surface area is 59.2 Å². The van der Waals surface area contributed by atoms with Gasteiger partial charge in [-0.05, 0) is 14.0 Å². The highest BCUT2D eigenvalue weighted by molar-refractivity contribution is 7.53. The maximum absolute atomic E-state index is 10.4. The molecule has 0 radical (unpaired) electrons. The van der Waals surface area contributed by atoms with Gasteiger partial charge in [0.2, 0.25) is 0 Å². The minimum atomic E-state index is -4.39. The van der Waals surface area contributed by atoms with Crippen molar-refractivity contribution in [3.05, 3.63) is 0 Å². The van der Waals surface area contributed by atoms with Gasteiger partial charge in [0.05, 0.1) is 0 Å². The van der Waals surface area contributed by atoms with Gasteiger partial charge in [0.15, 0.2) is 5.34 Å². The van der Waals surface area contributed by atoms with Crippen LogP contribution in [0.1, 0.15) is 6.92 Å². The van der Waals surface area contributed by atoms with E-state index in [1.165, 1.54) is 7.05 Å². The Balaban J connectivity index is 4.25. The fourth-order valence-corrected chi connectivity index (χ4v) is 0.802. The summed E-state index contributed by atoms with van der Waals surface area (Å²) in [5.41, 5.74) is 0. The second-order valence-electron chi connectivity index (χ2n) is 2.29. The molecule has 0 bridgehead atoms. The Kier molecular flexibility index (Phi) is 3.00. The highest BCUT2D eigenvalue weighted by Gasteiger charge is 2.39. The number of hydrogen-bond donors (Lipinski definition) is 4. The summed E-state index contributed by atoms with van der Waals surface area (Å²) in [6, 6.07) is 0. The minimum absolute atomic E-state index is 0.128. The van der Waals surface area contributed by atoms with E-state index in [1.54, 1.807) is 0 Å². The zero-order valence-electron chi connectivity index (χ0n) is 5.90. The van der Waals surface area contributed by atoms with Crippen LogP contribution in [0, 0.1) is 0 Å². The van der Waals surface area contributed by atoms with Crippen molar-refractivity contribution >= 4 is 7.60 Å². The van der Waals surface area contributed by atoms with Gasteiger partial charge in [0, 0.05) is 6.54 Å². The quantitative estimate of drug-likeness (QED) is 0.411. The van der Waals surface area contributed by atoms with Crippen LogP contribution in [0.25, 0.3) is 0 Å². The van der Waals surface area contributed by atoms with Crippen molar-refractivity contribution < 1.29 is 19.5 Å². The molecule has 0 amide bonds. The van der Waals surface area contributed by atoms with E-state index in [9.17, 15) is 4.57 Å². The maximum Gasteiger partial charge on any atom is 0.357 e. The summed E-state index contributed by atoms with van der Waals surface area (Å²) in [7, 11) is -2.89. The van der Waals surface area contributed by atoms with Crippen LogP contribution >= 0.6 is 7.60 Å². The summed E-state index contributed by atoms with van der Waals surface area (Å²) < 4.78 is 10.4. The summed E-state index contributed by atoms with van der Waals surface area (Å²) >= 11 is 0. The highest BCUT2D eigenvalue weighted by atomic mass is 31.2. The SMILES string of the molecule is CNCC(C)(O)P(=O)(O)O. The molecule has 0 aliphatic carbocycles. The van der Waals surface area contributed by atoms with Gasteiger partial charge >= 0.3 is 7.60 Å². The number of aliphatic hydroxyl groups is 1. The molecule has 1 unspecified atom stereocenters. The fourth-order valence-electron chi connectivity index (χ4n) is 0.438. The van der Waals surface area contributed by atoms with Crippen LogP contribution < -0.4 is 5.32 Å². The molecule has 0 aliphatic rings. The molecule has 10 heavy (non-hydrogen) atoms. The third-order valence-electron chi connectivity index (χ3n) is 1.14. The normalized spacial score (nSPS) is 18.5. The van der Waals surface area contributed by atoms with E-state index in [4.69, 9.17) is 14.9 Å². The Morgan fingerprint density at radius 2 is 2.00 bits per heavy atom. The average molecular weight is 169 g/mol. The van der Waals surface area contributed by atoms with Crippen LogP contribution in [-0.2, 0) is 4.57 Å². The maximum atomic E-state index is 10.4. The van der Waals surface area contributed by atoms with Crippen LogP contribution in [0.2, 0.25) is 0 Å². The predicted molar refractivity (Wildman–Crippen MR) is 36.6 cm³/mol. The summed E-state index contributed by atoms with van der Waals surface area (Å²) in [4.78, 5) is 17.0. The number of rotatable bonds is 3. The molecule has 0 saturated heterocycles. The number of nitrogens with one attached hydrogen (secondary N) is 1. The molecule has 0 saturated carbocycles. The lowest BCUT2D eigenvalue weighted by molar-refractivity contribution is 0.110. The van der Waals surface area contributed by atoms with Crippen molar-refractivity contribution in [1.29, 1.82) is 0 Å². The minimum Gasteiger partial charge on any atom is -0.377 e. The molecular weight excluding hydrogens is 157 g/mol.